The molecular formula is C27H30N2O9. The van der Waals surface area contributed by atoms with Gasteiger partial charge in [-0.05, 0) is 53.3 Å². The van der Waals surface area contributed by atoms with Crippen molar-refractivity contribution in [2.45, 2.75) is 32.2 Å². The maximum atomic E-state index is 12.9. The molecule has 2 aromatic rings. The number of primary amides is 1. The van der Waals surface area contributed by atoms with Crippen molar-refractivity contribution in [3.05, 3.63) is 41.0 Å². The third kappa shape index (κ3) is 4.42. The quantitative estimate of drug-likeness (QED) is 0.520. The molecule has 3 aliphatic rings. The first-order valence-corrected chi connectivity index (χ1v) is 12.3. The molecule has 5 rings (SSSR count). The SMILES string of the molecule is COc1cc([C@@H]2c3cc4c(cc3C[C@H]3COC(=O)[C@@H]32)OCO4)cc(OC)c1OC(=O)N[C@H](C(N)=O)C(C)C. The summed E-state index contributed by atoms with van der Waals surface area (Å²) in [5, 5.41) is 2.48. The van der Waals surface area contributed by atoms with Crippen LogP contribution in [0.2, 0.25) is 0 Å². The highest BCUT2D eigenvalue weighted by Crippen LogP contribution is 2.52. The van der Waals surface area contributed by atoms with Crippen LogP contribution in [0.25, 0.3) is 0 Å². The van der Waals surface area contributed by atoms with Crippen LogP contribution in [0.1, 0.15) is 36.5 Å². The minimum absolute atomic E-state index is 0.0131. The van der Waals surface area contributed by atoms with Crippen molar-refractivity contribution in [3.63, 3.8) is 0 Å². The number of carbonyl (C=O) groups excluding carboxylic acids is 3. The summed E-state index contributed by atoms with van der Waals surface area (Å²) in [5.74, 6) is -0.281. The fraction of sp³-hybridized carbons (Fsp3) is 0.444. The Hall–Kier alpha value is -4.15. The van der Waals surface area contributed by atoms with E-state index in [1.807, 2.05) is 12.1 Å². The normalized spacial score (nSPS) is 21.7. The number of hydrogen-bond donors (Lipinski definition) is 2. The van der Waals surface area contributed by atoms with Crippen LogP contribution in [0, 0.1) is 17.8 Å². The van der Waals surface area contributed by atoms with Gasteiger partial charge in [0.2, 0.25) is 18.4 Å². The van der Waals surface area contributed by atoms with E-state index in [1.54, 1.807) is 26.0 Å². The highest BCUT2D eigenvalue weighted by atomic mass is 16.7. The molecule has 0 spiro atoms. The van der Waals surface area contributed by atoms with E-state index in [4.69, 9.17) is 34.2 Å². The molecule has 0 unspecified atom stereocenters. The molecule has 202 valence electrons. The Morgan fingerprint density at radius 2 is 1.68 bits per heavy atom. The molecule has 0 aromatic heterocycles. The van der Waals surface area contributed by atoms with Crippen LogP contribution in [0.4, 0.5) is 4.79 Å². The molecule has 0 radical (unpaired) electrons. The average molecular weight is 527 g/mol. The van der Waals surface area contributed by atoms with Crippen molar-refractivity contribution in [2.75, 3.05) is 27.6 Å². The molecule has 2 aliphatic heterocycles. The highest BCUT2D eigenvalue weighted by molar-refractivity contribution is 5.85. The zero-order valence-electron chi connectivity index (χ0n) is 21.6. The van der Waals surface area contributed by atoms with Crippen molar-refractivity contribution < 1.29 is 42.8 Å². The van der Waals surface area contributed by atoms with Gasteiger partial charge in [0.15, 0.2) is 23.0 Å². The standard InChI is InChI=1S/C27H30N2O9/c1-12(2)23(25(28)30)29-27(32)38-24-19(33-3)7-14(8-20(24)34-4)21-16-9-18-17(36-11-37-18)6-13(16)5-15-10-35-26(31)22(15)21/h6-9,12,15,21-23H,5,10-11H2,1-4H3,(H2,28,30)(H,29,32)/t15-,21+,22-,23-/m0/s1. The van der Waals surface area contributed by atoms with Gasteiger partial charge in [-0.3, -0.25) is 9.59 Å². The fourth-order valence-electron chi connectivity index (χ4n) is 5.50. The van der Waals surface area contributed by atoms with E-state index in [-0.39, 0.29) is 47.8 Å². The van der Waals surface area contributed by atoms with Crippen LogP contribution < -0.4 is 34.7 Å². The molecule has 4 atom stereocenters. The first-order valence-electron chi connectivity index (χ1n) is 12.3. The Morgan fingerprint density at radius 1 is 1.03 bits per heavy atom. The molecule has 2 aromatic carbocycles. The van der Waals surface area contributed by atoms with Crippen LogP contribution in [0.3, 0.4) is 0 Å². The fourth-order valence-corrected chi connectivity index (χ4v) is 5.50. The number of rotatable bonds is 7. The number of fused-ring (bicyclic) bond motifs is 3. The van der Waals surface area contributed by atoms with Gasteiger partial charge in [0.05, 0.1) is 26.7 Å². The van der Waals surface area contributed by atoms with Gasteiger partial charge in [0.1, 0.15) is 6.04 Å². The Balaban J connectivity index is 1.55. The minimum Gasteiger partial charge on any atom is -0.493 e. The molecule has 2 amide bonds. The summed E-state index contributed by atoms with van der Waals surface area (Å²) in [5.41, 5.74) is 8.09. The van der Waals surface area contributed by atoms with Gasteiger partial charge in [-0.25, -0.2) is 4.79 Å². The Morgan fingerprint density at radius 3 is 2.29 bits per heavy atom. The molecule has 3 N–H and O–H groups in total. The number of nitrogens with two attached hydrogens (primary N) is 1. The van der Waals surface area contributed by atoms with Gasteiger partial charge in [-0.2, -0.15) is 0 Å². The van der Waals surface area contributed by atoms with Crippen molar-refractivity contribution in [3.8, 4) is 28.7 Å². The topological polar surface area (TPSA) is 145 Å². The molecule has 0 saturated carbocycles. The average Bonchev–Trinajstić information content (AvgIpc) is 3.50. The third-order valence-corrected chi connectivity index (χ3v) is 7.31. The summed E-state index contributed by atoms with van der Waals surface area (Å²) < 4.78 is 33.4. The summed E-state index contributed by atoms with van der Waals surface area (Å²) >= 11 is 0. The second-order valence-electron chi connectivity index (χ2n) is 9.91. The largest absolute Gasteiger partial charge is 0.493 e. The second kappa shape index (κ2) is 9.96. The van der Waals surface area contributed by atoms with Gasteiger partial charge in [0.25, 0.3) is 0 Å². The number of cyclic esters (lactones) is 1. The van der Waals surface area contributed by atoms with Crippen molar-refractivity contribution >= 4 is 18.0 Å². The lowest BCUT2D eigenvalue weighted by Gasteiger charge is -2.34. The van der Waals surface area contributed by atoms with E-state index in [0.29, 0.717) is 24.5 Å². The summed E-state index contributed by atoms with van der Waals surface area (Å²) in [6, 6.07) is 6.38. The molecule has 0 bridgehead atoms. The van der Waals surface area contributed by atoms with Crippen LogP contribution in [0.5, 0.6) is 28.7 Å². The van der Waals surface area contributed by atoms with Crippen LogP contribution in [-0.4, -0.2) is 51.6 Å². The lowest BCUT2D eigenvalue weighted by molar-refractivity contribution is -0.141. The highest BCUT2D eigenvalue weighted by Gasteiger charge is 2.48. The zero-order chi connectivity index (χ0) is 27.1. The molecule has 38 heavy (non-hydrogen) atoms. The summed E-state index contributed by atoms with van der Waals surface area (Å²) in [7, 11) is 2.87. The second-order valence-corrected chi connectivity index (χ2v) is 9.91. The summed E-state index contributed by atoms with van der Waals surface area (Å²) in [6.07, 6.45) is -0.215. The van der Waals surface area contributed by atoms with Gasteiger partial charge in [-0.1, -0.05) is 13.8 Å². The number of esters is 1. The molecule has 1 fully saturated rings. The summed E-state index contributed by atoms with van der Waals surface area (Å²) in [4.78, 5) is 37.3. The smallest absolute Gasteiger partial charge is 0.413 e. The molecular weight excluding hydrogens is 496 g/mol. The number of benzene rings is 2. The number of nitrogens with one attached hydrogen (secondary N) is 1. The van der Waals surface area contributed by atoms with E-state index < -0.39 is 24.0 Å². The number of methoxy groups -OCH3 is 2. The van der Waals surface area contributed by atoms with Crippen LogP contribution in [0.15, 0.2) is 24.3 Å². The molecule has 11 heteroatoms. The van der Waals surface area contributed by atoms with E-state index in [1.165, 1.54) is 14.2 Å². The predicted molar refractivity (Wildman–Crippen MR) is 133 cm³/mol. The van der Waals surface area contributed by atoms with Crippen molar-refractivity contribution in [1.29, 1.82) is 0 Å². The van der Waals surface area contributed by atoms with E-state index >= 15 is 0 Å². The van der Waals surface area contributed by atoms with Gasteiger partial charge in [-0.15, -0.1) is 0 Å². The van der Waals surface area contributed by atoms with E-state index in [2.05, 4.69) is 5.32 Å². The number of carbonyl (C=O) groups is 3. The van der Waals surface area contributed by atoms with Crippen molar-refractivity contribution in [1.82, 2.24) is 5.32 Å². The number of ether oxygens (including phenoxy) is 6. The zero-order valence-corrected chi connectivity index (χ0v) is 21.6. The minimum atomic E-state index is -0.921. The van der Waals surface area contributed by atoms with Crippen molar-refractivity contribution in [2.24, 2.45) is 23.5 Å². The molecule has 1 aliphatic carbocycles. The van der Waals surface area contributed by atoms with Gasteiger partial charge >= 0.3 is 12.1 Å². The Bertz CT molecular complexity index is 1270. The number of amides is 2. The van der Waals surface area contributed by atoms with Crippen LogP contribution in [-0.2, 0) is 20.7 Å². The lowest BCUT2D eigenvalue weighted by Crippen LogP contribution is -2.48. The third-order valence-electron chi connectivity index (χ3n) is 7.31. The Kier molecular flexibility index (Phi) is 6.68. The summed E-state index contributed by atoms with van der Waals surface area (Å²) in [6.45, 7) is 3.98. The first kappa shape index (κ1) is 25.5. The van der Waals surface area contributed by atoms with E-state index in [0.717, 1.165) is 16.7 Å². The van der Waals surface area contributed by atoms with Gasteiger partial charge in [0, 0.05) is 11.8 Å². The first-order chi connectivity index (χ1) is 18.2. The molecule has 1 saturated heterocycles. The monoisotopic (exact) mass is 526 g/mol. The predicted octanol–water partition coefficient (Wildman–Crippen LogP) is 2.51. The molecule has 11 nitrogen and oxygen atoms in total. The van der Waals surface area contributed by atoms with Crippen LogP contribution >= 0.6 is 0 Å². The van der Waals surface area contributed by atoms with E-state index in [9.17, 15) is 14.4 Å². The molecule has 2 heterocycles. The van der Waals surface area contributed by atoms with Gasteiger partial charge < -0.3 is 39.5 Å². The number of hydrogen-bond acceptors (Lipinski definition) is 9. The lowest BCUT2D eigenvalue weighted by atomic mass is 9.67. The Labute approximate surface area is 219 Å². The maximum Gasteiger partial charge on any atom is 0.413 e. The maximum absolute atomic E-state index is 12.9.